The number of pyridine rings is 1. The lowest BCUT2D eigenvalue weighted by Crippen LogP contribution is -2.45. The highest BCUT2D eigenvalue weighted by atomic mass is 16.2. The Labute approximate surface area is 112 Å². The molecule has 102 valence electrons. The quantitative estimate of drug-likeness (QED) is 0.280. The molecule has 20 heavy (non-hydrogen) atoms. The van der Waals surface area contributed by atoms with E-state index >= 15 is 0 Å². The van der Waals surface area contributed by atoms with Crippen molar-refractivity contribution in [1.29, 1.82) is 10.5 Å². The van der Waals surface area contributed by atoms with Crippen LogP contribution in [-0.2, 0) is 0 Å². The summed E-state index contributed by atoms with van der Waals surface area (Å²) in [7, 11) is 0. The summed E-state index contributed by atoms with van der Waals surface area (Å²) in [5, 5.41) is 18.6. The number of nitriles is 2. The number of carbonyl (C=O) groups excluding carboxylic acids is 2. The molecule has 11 heteroatoms. The molecule has 1 aromatic rings. The normalized spacial score (nSPS) is 9.20. The van der Waals surface area contributed by atoms with E-state index in [-0.39, 0.29) is 22.8 Å². The van der Waals surface area contributed by atoms with Gasteiger partial charge in [0, 0.05) is 0 Å². The molecule has 0 bridgehead atoms. The second-order valence-electron chi connectivity index (χ2n) is 3.37. The van der Waals surface area contributed by atoms with Crippen molar-refractivity contribution < 1.29 is 9.59 Å². The number of rotatable bonds is 2. The number of nitrogens with zero attached hydrogens (tertiary/aromatic N) is 5. The number of hydrazine groups is 2. The molecule has 0 aliphatic carbocycles. The van der Waals surface area contributed by atoms with Crippen molar-refractivity contribution in [2.75, 3.05) is 10.0 Å². The summed E-state index contributed by atoms with van der Waals surface area (Å²) in [5.41, 5.74) is 9.51. The average molecular weight is 275 g/mol. The molecule has 0 aliphatic heterocycles. The van der Waals surface area contributed by atoms with E-state index in [4.69, 9.17) is 33.7 Å². The lowest BCUT2D eigenvalue weighted by Gasteiger charge is -2.19. The van der Waals surface area contributed by atoms with Gasteiger partial charge in [-0.15, -0.1) is 0 Å². The van der Waals surface area contributed by atoms with Crippen LogP contribution in [0.3, 0.4) is 0 Å². The predicted molar refractivity (Wildman–Crippen MR) is 66.2 cm³/mol. The largest absolute Gasteiger partial charge is 0.350 e. The van der Waals surface area contributed by atoms with Crippen molar-refractivity contribution in [2.45, 2.75) is 0 Å². The number of aromatic nitrogens is 1. The van der Waals surface area contributed by atoms with Crippen molar-refractivity contribution in [2.24, 2.45) is 23.2 Å². The summed E-state index contributed by atoms with van der Waals surface area (Å²) in [6.07, 6.45) is 0. The highest BCUT2D eigenvalue weighted by molar-refractivity contribution is 5.93. The molecule has 0 radical (unpaired) electrons. The van der Waals surface area contributed by atoms with Gasteiger partial charge >= 0.3 is 12.1 Å². The molecule has 11 nitrogen and oxygen atoms in total. The van der Waals surface area contributed by atoms with Gasteiger partial charge in [0.05, 0.1) is 11.1 Å². The fourth-order valence-electron chi connectivity index (χ4n) is 1.23. The average Bonchev–Trinajstić information content (AvgIpc) is 2.43. The van der Waals surface area contributed by atoms with Crippen LogP contribution in [0.1, 0.15) is 11.1 Å². The second kappa shape index (κ2) is 5.49. The van der Waals surface area contributed by atoms with Crippen LogP contribution in [0, 0.1) is 22.7 Å². The first kappa shape index (κ1) is 14.7. The third-order valence-corrected chi connectivity index (χ3v) is 2.15. The molecule has 8 N–H and O–H groups in total. The molecular formula is C9H9N9O2. The summed E-state index contributed by atoms with van der Waals surface area (Å²) in [6, 6.07) is 2.20. The third-order valence-electron chi connectivity index (χ3n) is 2.15. The second-order valence-corrected chi connectivity index (χ2v) is 3.37. The molecule has 0 saturated heterocycles. The van der Waals surface area contributed by atoms with E-state index in [0.29, 0.717) is 10.0 Å². The van der Waals surface area contributed by atoms with Crippen molar-refractivity contribution in [1.82, 2.24) is 4.98 Å². The molecule has 1 rings (SSSR count). The summed E-state index contributed by atoms with van der Waals surface area (Å²) in [4.78, 5) is 25.7. The van der Waals surface area contributed by atoms with Gasteiger partial charge < -0.3 is 11.5 Å². The summed E-state index contributed by atoms with van der Waals surface area (Å²) in [5.74, 6) is 9.94. The Balaban J connectivity index is 3.59. The maximum atomic E-state index is 11.0. The van der Waals surface area contributed by atoms with Crippen LogP contribution in [0.2, 0.25) is 0 Å². The molecule has 0 aromatic carbocycles. The number of anilines is 2. The molecular weight excluding hydrogens is 266 g/mol. The van der Waals surface area contributed by atoms with E-state index in [1.54, 1.807) is 12.1 Å². The van der Waals surface area contributed by atoms with E-state index in [0.717, 1.165) is 6.07 Å². The topological polar surface area (TPSA) is 205 Å². The molecule has 0 atom stereocenters. The van der Waals surface area contributed by atoms with Gasteiger partial charge in [0.15, 0.2) is 11.6 Å². The van der Waals surface area contributed by atoms with Crippen molar-refractivity contribution in [3.63, 3.8) is 0 Å². The molecule has 1 aromatic heterocycles. The molecule has 0 spiro atoms. The summed E-state index contributed by atoms with van der Waals surface area (Å²) >= 11 is 0. The molecule has 4 amide bonds. The lowest BCUT2D eigenvalue weighted by molar-refractivity contribution is 0.253. The highest BCUT2D eigenvalue weighted by Gasteiger charge is 2.22. The van der Waals surface area contributed by atoms with Crippen LogP contribution in [0.15, 0.2) is 6.07 Å². The minimum atomic E-state index is -1.10. The molecule has 0 fully saturated rings. The Morgan fingerprint density at radius 3 is 1.60 bits per heavy atom. The van der Waals surface area contributed by atoms with Gasteiger partial charge in [0.2, 0.25) is 0 Å². The highest BCUT2D eigenvalue weighted by Crippen LogP contribution is 2.23. The van der Waals surface area contributed by atoms with Crippen molar-refractivity contribution in [3.8, 4) is 12.1 Å². The van der Waals surface area contributed by atoms with Gasteiger partial charge in [0.1, 0.15) is 12.1 Å². The monoisotopic (exact) mass is 275 g/mol. The minimum Gasteiger partial charge on any atom is -0.350 e. The lowest BCUT2D eigenvalue weighted by atomic mass is 10.2. The van der Waals surface area contributed by atoms with Gasteiger partial charge in [-0.3, -0.25) is 0 Å². The number of amides is 4. The van der Waals surface area contributed by atoms with Gasteiger partial charge in [-0.25, -0.2) is 36.3 Å². The first-order chi connectivity index (χ1) is 9.33. The molecule has 1 heterocycles. The van der Waals surface area contributed by atoms with Crippen LogP contribution >= 0.6 is 0 Å². The zero-order chi connectivity index (χ0) is 15.4. The summed E-state index contributed by atoms with van der Waals surface area (Å²) in [6.45, 7) is 0. The number of urea groups is 2. The van der Waals surface area contributed by atoms with Gasteiger partial charge in [-0.1, -0.05) is 0 Å². The minimum absolute atomic E-state index is 0.204. The first-order valence-electron chi connectivity index (χ1n) is 4.87. The summed E-state index contributed by atoms with van der Waals surface area (Å²) < 4.78 is 0. The molecule has 0 saturated carbocycles. The van der Waals surface area contributed by atoms with E-state index in [1.165, 1.54) is 0 Å². The standard InChI is InChI=1S/C9H9N9O2/c10-2-4-1-5(3-11)7(18(15)9(13)20)16-6(4)17(14)8(12)19/h1H,14-15H2,(H2,12,19)(H2,13,20). The Morgan fingerprint density at radius 1 is 1.00 bits per heavy atom. The number of primary amides is 2. The van der Waals surface area contributed by atoms with Crippen molar-refractivity contribution in [3.05, 3.63) is 17.2 Å². The maximum Gasteiger partial charge on any atom is 0.335 e. The van der Waals surface area contributed by atoms with E-state index < -0.39 is 12.1 Å². The third kappa shape index (κ3) is 2.54. The molecule has 0 aliphatic rings. The van der Waals surface area contributed by atoms with Crippen LogP contribution in [0.25, 0.3) is 0 Å². The predicted octanol–water partition coefficient (Wildman–Crippen LogP) is -1.66. The smallest absolute Gasteiger partial charge is 0.335 e. The van der Waals surface area contributed by atoms with Gasteiger partial charge in [-0.2, -0.15) is 10.5 Å². The number of hydrogen-bond acceptors (Lipinski definition) is 7. The van der Waals surface area contributed by atoms with Gasteiger partial charge in [-0.05, 0) is 6.07 Å². The van der Waals surface area contributed by atoms with Crippen LogP contribution in [0.5, 0.6) is 0 Å². The van der Waals surface area contributed by atoms with Crippen molar-refractivity contribution >= 4 is 23.7 Å². The number of hydrogen-bond donors (Lipinski definition) is 4. The first-order valence-corrected chi connectivity index (χ1v) is 4.87. The SMILES string of the molecule is N#Cc1cc(C#N)c(N(N)C(N)=O)nc1N(N)C(N)=O. The zero-order valence-electron chi connectivity index (χ0n) is 9.94. The van der Waals surface area contributed by atoms with E-state index in [1.807, 2.05) is 0 Å². The van der Waals surface area contributed by atoms with Crippen LogP contribution in [-0.4, -0.2) is 17.0 Å². The Kier molecular flexibility index (Phi) is 4.02. The fraction of sp³-hybridized carbons (Fsp3) is 0. The van der Waals surface area contributed by atoms with E-state index in [2.05, 4.69) is 4.98 Å². The zero-order valence-corrected chi connectivity index (χ0v) is 9.94. The Morgan fingerprint density at radius 2 is 1.35 bits per heavy atom. The number of carbonyl (C=O) groups is 2. The Hall–Kier alpha value is -3.41. The maximum absolute atomic E-state index is 11.0. The molecule has 0 unspecified atom stereocenters. The number of nitrogens with two attached hydrogens (primary N) is 4. The fourth-order valence-corrected chi connectivity index (χ4v) is 1.23. The van der Waals surface area contributed by atoms with Gasteiger partial charge in [0.25, 0.3) is 0 Å². The van der Waals surface area contributed by atoms with Crippen LogP contribution in [0.4, 0.5) is 21.2 Å². The van der Waals surface area contributed by atoms with Crippen LogP contribution < -0.4 is 33.2 Å². The van der Waals surface area contributed by atoms with E-state index in [9.17, 15) is 9.59 Å². The Bertz CT molecular complexity index is 603.